The van der Waals surface area contributed by atoms with E-state index in [2.05, 4.69) is 20.9 Å². The number of aromatic nitrogens is 2. The van der Waals surface area contributed by atoms with Crippen LogP contribution in [0.15, 0.2) is 40.0 Å². The van der Waals surface area contributed by atoms with E-state index in [-0.39, 0.29) is 11.4 Å². The van der Waals surface area contributed by atoms with Crippen LogP contribution >= 0.6 is 15.9 Å². The number of nitrogens with zero attached hydrogens (tertiary/aromatic N) is 3. The van der Waals surface area contributed by atoms with Gasteiger partial charge in [-0.3, -0.25) is 0 Å². The van der Waals surface area contributed by atoms with Crippen molar-refractivity contribution in [2.45, 2.75) is 18.0 Å². The van der Waals surface area contributed by atoms with Gasteiger partial charge in [-0.25, -0.2) is 13.4 Å². The number of aryl methyl sites for hydroxylation is 1. The van der Waals surface area contributed by atoms with Crippen molar-refractivity contribution in [3.63, 3.8) is 0 Å². The normalized spacial score (nSPS) is 12.0. The van der Waals surface area contributed by atoms with Gasteiger partial charge in [-0.15, -0.1) is 0 Å². The summed E-state index contributed by atoms with van der Waals surface area (Å²) in [7, 11) is -0.232. The van der Waals surface area contributed by atoms with Crippen molar-refractivity contribution in [3.05, 3.63) is 46.5 Å². The molecule has 0 aliphatic heterocycles. The van der Waals surface area contributed by atoms with Crippen LogP contribution in [0.25, 0.3) is 0 Å². The predicted octanol–water partition coefficient (Wildman–Crippen LogP) is 1.46. The molecule has 2 N–H and O–H groups in total. The Hall–Kier alpha value is -1.22. The summed E-state index contributed by atoms with van der Waals surface area (Å²) in [6.45, 7) is 0.568. The molecular formula is C13H17BrN4O2S. The first-order valence-electron chi connectivity index (χ1n) is 6.27. The van der Waals surface area contributed by atoms with Gasteiger partial charge < -0.3 is 10.3 Å². The van der Waals surface area contributed by atoms with E-state index >= 15 is 0 Å². The van der Waals surface area contributed by atoms with Crippen molar-refractivity contribution in [3.8, 4) is 0 Å². The molecular weight excluding hydrogens is 356 g/mol. The largest absolute Gasteiger partial charge is 0.337 e. The molecule has 1 aromatic carbocycles. The number of imidazole rings is 1. The van der Waals surface area contributed by atoms with E-state index in [1.54, 1.807) is 35.2 Å². The Morgan fingerprint density at radius 2 is 2.14 bits per heavy atom. The quantitative estimate of drug-likeness (QED) is 0.861. The van der Waals surface area contributed by atoms with Crippen molar-refractivity contribution in [1.82, 2.24) is 13.9 Å². The Bertz CT molecular complexity index is 742. The second-order valence-corrected chi connectivity index (χ2v) is 7.55. The Kier molecular flexibility index (Phi) is 4.82. The average molecular weight is 373 g/mol. The maximum absolute atomic E-state index is 12.6. The van der Waals surface area contributed by atoms with Gasteiger partial charge in [0.2, 0.25) is 10.0 Å². The number of rotatable bonds is 5. The summed E-state index contributed by atoms with van der Waals surface area (Å²) in [5.41, 5.74) is 6.42. The van der Waals surface area contributed by atoms with Gasteiger partial charge >= 0.3 is 0 Å². The minimum Gasteiger partial charge on any atom is -0.337 e. The van der Waals surface area contributed by atoms with Crippen LogP contribution in [0.2, 0.25) is 0 Å². The number of benzene rings is 1. The Labute approximate surface area is 132 Å². The number of halogens is 1. The maximum atomic E-state index is 12.6. The standard InChI is InChI=1S/C13H17BrN4O2S/c1-17-6-5-16-13(17)9-18(2)21(19,20)12-4-3-10(8-15)7-11(12)14/h3-7H,8-9,15H2,1-2H3. The second-order valence-electron chi connectivity index (χ2n) is 4.68. The lowest BCUT2D eigenvalue weighted by Crippen LogP contribution is -2.28. The average Bonchev–Trinajstić information content (AvgIpc) is 2.83. The molecule has 0 atom stereocenters. The zero-order valence-electron chi connectivity index (χ0n) is 11.8. The third kappa shape index (κ3) is 3.34. The van der Waals surface area contributed by atoms with Crippen molar-refractivity contribution >= 4 is 26.0 Å². The third-order valence-electron chi connectivity index (χ3n) is 3.21. The fourth-order valence-corrected chi connectivity index (χ4v) is 4.09. The Morgan fingerprint density at radius 1 is 1.43 bits per heavy atom. The molecule has 0 fully saturated rings. The lowest BCUT2D eigenvalue weighted by Gasteiger charge is -2.18. The minimum atomic E-state index is -3.60. The molecule has 2 rings (SSSR count). The van der Waals surface area contributed by atoms with E-state index in [1.165, 1.54) is 11.4 Å². The van der Waals surface area contributed by atoms with Crippen LogP contribution in [0.4, 0.5) is 0 Å². The lowest BCUT2D eigenvalue weighted by molar-refractivity contribution is 0.451. The molecule has 0 saturated carbocycles. The van der Waals surface area contributed by atoms with Gasteiger partial charge in [0.1, 0.15) is 5.82 Å². The highest BCUT2D eigenvalue weighted by Gasteiger charge is 2.24. The van der Waals surface area contributed by atoms with Gasteiger partial charge in [-0.1, -0.05) is 6.07 Å². The molecule has 0 aliphatic carbocycles. The molecule has 0 amide bonds. The van der Waals surface area contributed by atoms with Crippen molar-refractivity contribution in [1.29, 1.82) is 0 Å². The van der Waals surface area contributed by atoms with E-state index in [4.69, 9.17) is 5.73 Å². The van der Waals surface area contributed by atoms with E-state index in [1.807, 2.05) is 7.05 Å². The van der Waals surface area contributed by atoms with Crippen molar-refractivity contribution < 1.29 is 8.42 Å². The summed E-state index contributed by atoms with van der Waals surface area (Å²) in [6.07, 6.45) is 3.42. The molecule has 0 bridgehead atoms. The molecule has 6 nitrogen and oxygen atoms in total. The summed E-state index contributed by atoms with van der Waals surface area (Å²) >= 11 is 3.30. The van der Waals surface area contributed by atoms with Gasteiger partial charge in [-0.2, -0.15) is 4.31 Å². The minimum absolute atomic E-state index is 0.205. The van der Waals surface area contributed by atoms with Crippen molar-refractivity contribution in [2.24, 2.45) is 12.8 Å². The van der Waals surface area contributed by atoms with Crippen LogP contribution < -0.4 is 5.73 Å². The third-order valence-corrected chi connectivity index (χ3v) is 5.99. The summed E-state index contributed by atoms with van der Waals surface area (Å²) in [5, 5.41) is 0. The number of sulfonamides is 1. The fourth-order valence-electron chi connectivity index (χ4n) is 1.88. The number of nitrogens with two attached hydrogens (primary N) is 1. The molecule has 0 spiro atoms. The summed E-state index contributed by atoms with van der Waals surface area (Å²) in [5.74, 6) is 0.677. The van der Waals surface area contributed by atoms with Crippen LogP contribution in [-0.2, 0) is 30.2 Å². The van der Waals surface area contributed by atoms with E-state index in [9.17, 15) is 8.42 Å². The molecule has 2 aromatic rings. The highest BCUT2D eigenvalue weighted by molar-refractivity contribution is 9.10. The molecule has 0 radical (unpaired) electrons. The molecule has 8 heteroatoms. The number of hydrogen-bond acceptors (Lipinski definition) is 4. The second kappa shape index (κ2) is 6.27. The summed E-state index contributed by atoms with van der Waals surface area (Å²) in [6, 6.07) is 5.00. The number of hydrogen-bond donors (Lipinski definition) is 1. The van der Waals surface area contributed by atoms with Crippen LogP contribution in [0.5, 0.6) is 0 Å². The van der Waals surface area contributed by atoms with Crippen LogP contribution in [0.1, 0.15) is 11.4 Å². The van der Waals surface area contributed by atoms with Crippen LogP contribution in [0.3, 0.4) is 0 Å². The SMILES string of the molecule is CN(Cc1nccn1C)S(=O)(=O)c1ccc(CN)cc1Br. The Morgan fingerprint density at radius 3 is 2.67 bits per heavy atom. The van der Waals surface area contributed by atoms with Crippen molar-refractivity contribution in [2.75, 3.05) is 7.05 Å². The van der Waals surface area contributed by atoms with E-state index < -0.39 is 10.0 Å². The van der Waals surface area contributed by atoms with E-state index in [0.29, 0.717) is 16.8 Å². The highest BCUT2D eigenvalue weighted by Crippen LogP contribution is 2.26. The molecule has 0 saturated heterocycles. The maximum Gasteiger partial charge on any atom is 0.244 e. The predicted molar refractivity (Wildman–Crippen MR) is 83.9 cm³/mol. The van der Waals surface area contributed by atoms with Gasteiger partial charge in [0.05, 0.1) is 11.4 Å². The van der Waals surface area contributed by atoms with Gasteiger partial charge in [-0.05, 0) is 33.6 Å². The topological polar surface area (TPSA) is 81.2 Å². The zero-order valence-corrected chi connectivity index (χ0v) is 14.2. The first-order valence-corrected chi connectivity index (χ1v) is 8.50. The molecule has 21 heavy (non-hydrogen) atoms. The summed E-state index contributed by atoms with van der Waals surface area (Å²) < 4.78 is 28.8. The zero-order chi connectivity index (χ0) is 15.6. The first-order chi connectivity index (χ1) is 9.86. The monoisotopic (exact) mass is 372 g/mol. The molecule has 0 unspecified atom stereocenters. The molecule has 1 aromatic heterocycles. The highest BCUT2D eigenvalue weighted by atomic mass is 79.9. The first kappa shape index (κ1) is 16.2. The van der Waals surface area contributed by atoms with Crippen LogP contribution in [0, 0.1) is 0 Å². The molecule has 1 heterocycles. The van der Waals surface area contributed by atoms with Crippen LogP contribution in [-0.4, -0.2) is 29.3 Å². The van der Waals surface area contributed by atoms with E-state index in [0.717, 1.165) is 5.56 Å². The Balaban J connectivity index is 2.31. The van der Waals surface area contributed by atoms with Gasteiger partial charge in [0, 0.05) is 37.5 Å². The fraction of sp³-hybridized carbons (Fsp3) is 0.308. The smallest absolute Gasteiger partial charge is 0.244 e. The van der Waals surface area contributed by atoms with Gasteiger partial charge in [0.25, 0.3) is 0 Å². The lowest BCUT2D eigenvalue weighted by atomic mass is 10.2. The summed E-state index contributed by atoms with van der Waals surface area (Å²) in [4.78, 5) is 4.36. The molecule has 0 aliphatic rings. The van der Waals surface area contributed by atoms with Gasteiger partial charge in [0.15, 0.2) is 0 Å². The molecule has 114 valence electrons.